The van der Waals surface area contributed by atoms with Crippen molar-refractivity contribution in [2.24, 2.45) is 0 Å². The number of fused-ring (bicyclic) bond motifs is 7. The Balaban J connectivity index is 0.000000254. The molecule has 0 aliphatic heterocycles. The molecule has 0 atom stereocenters. The van der Waals surface area contributed by atoms with Crippen molar-refractivity contribution in [3.63, 3.8) is 0 Å². The van der Waals surface area contributed by atoms with Crippen LogP contribution in [0, 0.1) is 32.7 Å². The predicted molar refractivity (Wildman–Crippen MR) is 187 cm³/mol. The fourth-order valence-electron chi connectivity index (χ4n) is 5.30. The Bertz CT molecular complexity index is 2660. The van der Waals surface area contributed by atoms with Gasteiger partial charge in [-0.05, 0) is 66.6 Å². The molecule has 46 heavy (non-hydrogen) atoms. The molecule has 0 unspecified atom stereocenters. The van der Waals surface area contributed by atoms with Gasteiger partial charge in [0.1, 0.15) is 16.7 Å². The van der Waals surface area contributed by atoms with Crippen LogP contribution in [0.5, 0.6) is 0 Å². The van der Waals surface area contributed by atoms with Gasteiger partial charge in [-0.3, -0.25) is 4.98 Å². The molecule has 3 aromatic carbocycles. The van der Waals surface area contributed by atoms with Crippen LogP contribution in [0.2, 0.25) is 19.6 Å². The molecule has 0 N–H and O–H groups in total. The van der Waals surface area contributed by atoms with Crippen LogP contribution in [-0.4, -0.2) is 23.0 Å². The van der Waals surface area contributed by atoms with Crippen LogP contribution in [0.1, 0.15) is 29.2 Å². The smallest absolute Gasteiger partial charge is 0.136 e. The van der Waals surface area contributed by atoms with Crippen molar-refractivity contribution in [3.8, 4) is 22.5 Å². The number of para-hydroxylation sites is 1. The zero-order valence-corrected chi connectivity index (χ0v) is 28.5. The molecule has 7 heteroatoms. The molecule has 5 nitrogen and oxygen atoms in total. The molecule has 5 aromatic heterocycles. The van der Waals surface area contributed by atoms with E-state index in [1.165, 1.54) is 5.19 Å². The van der Waals surface area contributed by atoms with Crippen LogP contribution in [0.15, 0.2) is 100 Å². The molecule has 0 bridgehead atoms. The number of rotatable bonds is 3. The number of aromatic nitrogens is 3. The Morgan fingerprint density at radius 3 is 2.24 bits per heavy atom. The Morgan fingerprint density at radius 1 is 0.739 bits per heavy atom. The molecule has 8 rings (SSSR count). The van der Waals surface area contributed by atoms with Gasteiger partial charge in [0, 0.05) is 61.0 Å². The van der Waals surface area contributed by atoms with Crippen molar-refractivity contribution < 1.29 is 41.3 Å². The maximum atomic E-state index is 8.00. The molecule has 231 valence electrons. The van der Waals surface area contributed by atoms with E-state index in [0.717, 1.165) is 28.9 Å². The maximum Gasteiger partial charge on any atom is 0.136 e. The van der Waals surface area contributed by atoms with Crippen molar-refractivity contribution in [2.45, 2.75) is 40.2 Å². The molecule has 5 heterocycles. The first-order valence-corrected chi connectivity index (χ1v) is 17.9. The van der Waals surface area contributed by atoms with E-state index in [4.69, 9.17) is 21.2 Å². The zero-order chi connectivity index (χ0) is 38.8. The third kappa shape index (κ3) is 5.82. The molecule has 0 saturated heterocycles. The third-order valence-corrected chi connectivity index (χ3v) is 9.67. The van der Waals surface area contributed by atoms with Crippen LogP contribution >= 0.6 is 0 Å². The monoisotopic (exact) mass is 805 g/mol. The Kier molecular flexibility index (Phi) is 5.98. The molecule has 0 fully saturated rings. The molecule has 0 amide bonds. The number of hydrogen-bond acceptors (Lipinski definition) is 5. The summed E-state index contributed by atoms with van der Waals surface area (Å²) in [6, 6.07) is 30.1. The first-order valence-electron chi connectivity index (χ1n) is 18.9. The van der Waals surface area contributed by atoms with Gasteiger partial charge in [-0.2, -0.15) is 0 Å². The Morgan fingerprint density at radius 2 is 1.52 bits per heavy atom. The van der Waals surface area contributed by atoms with E-state index in [-0.39, 0.29) is 48.2 Å². The van der Waals surface area contributed by atoms with Gasteiger partial charge in [0.25, 0.3) is 0 Å². The molecular formula is C39H33IrN3O2Si-2. The Hall–Kier alpha value is -4.42. The summed E-state index contributed by atoms with van der Waals surface area (Å²) in [6.07, 6.45) is 2.99. The first-order chi connectivity index (χ1) is 25.3. The number of nitrogens with zero attached hydrogens (tertiary/aromatic N) is 3. The summed E-state index contributed by atoms with van der Waals surface area (Å²) in [5.41, 5.74) is 2.84. The van der Waals surface area contributed by atoms with Gasteiger partial charge < -0.3 is 18.8 Å². The van der Waals surface area contributed by atoms with Crippen LogP contribution in [0.4, 0.5) is 0 Å². The fourth-order valence-corrected chi connectivity index (χ4v) is 6.34. The molecule has 1 radical (unpaired) electrons. The van der Waals surface area contributed by atoms with E-state index >= 15 is 0 Å². The van der Waals surface area contributed by atoms with E-state index in [2.05, 4.69) is 58.9 Å². The first kappa shape index (κ1) is 22.2. The van der Waals surface area contributed by atoms with Gasteiger partial charge in [-0.15, -0.1) is 47.5 Å². The van der Waals surface area contributed by atoms with Crippen LogP contribution < -0.4 is 5.19 Å². The third-order valence-electron chi connectivity index (χ3n) is 7.64. The number of furan rings is 2. The van der Waals surface area contributed by atoms with Crippen LogP contribution in [0.3, 0.4) is 0 Å². The van der Waals surface area contributed by atoms with E-state index < -0.39 is 39.8 Å². The zero-order valence-electron chi connectivity index (χ0n) is 34.2. The van der Waals surface area contributed by atoms with Gasteiger partial charge in [-0.25, -0.2) is 0 Å². The summed E-state index contributed by atoms with van der Waals surface area (Å²) >= 11 is 0. The SMILES string of the molecule is C[Si](C)(C)c1ccc(-c2[c-]cccc2)nc1.[2H]C([2H])([2H])c1[c-]c(-c2cc(C([2H])([2H])[2H])c(C([2H])([2H])[2H])cn2)c2oc3ccc4oc5ccccc5c4c3c2n1.[Ir]. The average Bonchev–Trinajstić information content (AvgIpc) is 3.68. The van der Waals surface area contributed by atoms with Gasteiger partial charge in [0.2, 0.25) is 0 Å². The minimum atomic E-state index is -2.77. The molecule has 0 spiro atoms. The second-order valence-corrected chi connectivity index (χ2v) is 16.8. The molecule has 0 saturated carbocycles. The van der Waals surface area contributed by atoms with Gasteiger partial charge >= 0.3 is 0 Å². The van der Waals surface area contributed by atoms with Crippen molar-refractivity contribution in [1.82, 2.24) is 15.0 Å². The van der Waals surface area contributed by atoms with Crippen molar-refractivity contribution >= 4 is 57.3 Å². The quantitative estimate of drug-likeness (QED) is 0.132. The van der Waals surface area contributed by atoms with Crippen molar-refractivity contribution in [3.05, 3.63) is 120 Å². The maximum absolute atomic E-state index is 8.00. The van der Waals surface area contributed by atoms with E-state index in [1.807, 2.05) is 54.7 Å². The topological polar surface area (TPSA) is 65.0 Å². The van der Waals surface area contributed by atoms with Gasteiger partial charge in [-0.1, -0.05) is 61.6 Å². The van der Waals surface area contributed by atoms with Crippen LogP contribution in [-0.2, 0) is 20.1 Å². The number of pyridine rings is 3. The van der Waals surface area contributed by atoms with E-state index in [9.17, 15) is 0 Å². The summed E-state index contributed by atoms with van der Waals surface area (Å²) in [5, 5.41) is 3.39. The molecule has 0 aliphatic carbocycles. The number of benzene rings is 3. The molecular weight excluding hydrogens is 763 g/mol. The summed E-state index contributed by atoms with van der Waals surface area (Å²) in [6.45, 7) is -1.15. The summed E-state index contributed by atoms with van der Waals surface area (Å²) < 4.78 is 83.0. The van der Waals surface area contributed by atoms with Gasteiger partial charge in [0.15, 0.2) is 0 Å². The second kappa shape index (κ2) is 12.4. The minimum absolute atomic E-state index is 0. The summed E-state index contributed by atoms with van der Waals surface area (Å²) in [7, 11) is -1.23. The standard InChI is InChI=1S/C25H17N2O2.C14H16NSi.Ir/c1-13-10-18(26-12-14(13)2)17-11-15(3)27-24-23-21(29-25(17)24)9-8-20-22(23)16-6-4-5-7-19(16)28-20;1-16(2,3)13-9-10-14(15-11-13)12-7-5-4-6-8-12;/h4-10,12H,1-3H3;4-7,9-11H,1-3H3;/q2*-1;/i1D3,2D3,3D3;;. The molecule has 8 aromatic rings. The second-order valence-electron chi connectivity index (χ2n) is 11.7. The van der Waals surface area contributed by atoms with E-state index in [0.29, 0.717) is 27.5 Å². The molecule has 0 aliphatic rings. The Labute approximate surface area is 295 Å². The predicted octanol–water partition coefficient (Wildman–Crippen LogP) is 9.76. The number of aryl methyl sites for hydroxylation is 3. The summed E-state index contributed by atoms with van der Waals surface area (Å²) in [5.74, 6) is 0. The summed E-state index contributed by atoms with van der Waals surface area (Å²) in [4.78, 5) is 13.1. The largest absolute Gasteiger partial charge is 0.513 e. The normalized spacial score (nSPS) is 15.2. The van der Waals surface area contributed by atoms with E-state index in [1.54, 1.807) is 12.1 Å². The van der Waals surface area contributed by atoms with Gasteiger partial charge in [0.05, 0.1) is 19.2 Å². The fraction of sp³-hybridized carbons (Fsp3) is 0.154. The average molecular weight is 805 g/mol. The number of hydrogen-bond donors (Lipinski definition) is 0. The van der Waals surface area contributed by atoms with Crippen molar-refractivity contribution in [2.75, 3.05) is 0 Å². The minimum Gasteiger partial charge on any atom is -0.513 e. The van der Waals surface area contributed by atoms with Crippen molar-refractivity contribution in [1.29, 1.82) is 0 Å². The van der Waals surface area contributed by atoms with Crippen LogP contribution in [0.25, 0.3) is 66.5 Å².